The van der Waals surface area contributed by atoms with Crippen molar-refractivity contribution in [3.05, 3.63) is 337 Å². The Hall–Kier alpha value is -12.2. The van der Waals surface area contributed by atoms with Crippen LogP contribution in [0.15, 0.2) is 291 Å². The predicted octanol–water partition coefficient (Wildman–Crippen LogP) is 20.9. The topological polar surface area (TPSA) is 108 Å². The Labute approximate surface area is 588 Å². The molecule has 0 fully saturated rings. The van der Waals surface area contributed by atoms with Gasteiger partial charge in [0.25, 0.3) is 0 Å². The summed E-state index contributed by atoms with van der Waals surface area (Å²) in [5.41, 5.74) is 30.0. The first-order valence-electron chi connectivity index (χ1n) is 32.5. The van der Waals surface area contributed by atoms with Crippen LogP contribution in [-0.4, -0.2) is 23.4 Å². The van der Waals surface area contributed by atoms with E-state index in [1.807, 2.05) is 48.5 Å². The van der Waals surface area contributed by atoms with Gasteiger partial charge in [-0.25, -0.2) is 19.9 Å². The van der Waals surface area contributed by atoms with Crippen molar-refractivity contribution in [3.8, 4) is 89.0 Å². The van der Waals surface area contributed by atoms with Crippen molar-refractivity contribution in [2.75, 3.05) is 0 Å². The maximum absolute atomic E-state index is 5.31. The Bertz CT molecular complexity index is 4830. The number of aromatic nitrogens is 8. The van der Waals surface area contributed by atoms with Gasteiger partial charge in [0, 0.05) is 0 Å². The fourth-order valence-corrected chi connectivity index (χ4v) is 13.4. The van der Waals surface area contributed by atoms with Crippen LogP contribution in [-0.2, 0) is 31.2 Å². The van der Waals surface area contributed by atoms with Gasteiger partial charge in [0.15, 0.2) is 0 Å². The Morgan fingerprint density at radius 2 is 0.283 bits per heavy atom. The van der Waals surface area contributed by atoms with E-state index >= 15 is 0 Å². The third-order valence-electron chi connectivity index (χ3n) is 17.7. The zero-order valence-corrected chi connectivity index (χ0v) is 55.3. The van der Waals surface area contributed by atoms with Crippen molar-refractivity contribution in [1.82, 2.24) is 39.9 Å². The average molecular weight is 1350 g/mol. The molecule has 0 aliphatic carbocycles. The Kier molecular flexibility index (Phi) is 17.3. The summed E-state index contributed by atoms with van der Waals surface area (Å²) in [6.45, 7) is 0. The van der Waals surface area contributed by atoms with Crippen LogP contribution in [0.3, 0.4) is 0 Å². The Balaban J connectivity index is 0.000000149. The van der Waals surface area contributed by atoms with Gasteiger partial charge in [0.2, 0.25) is 0 Å². The molecule has 0 saturated heterocycles. The first-order valence-corrected chi connectivity index (χ1v) is 33.6. The second kappa shape index (κ2) is 27.9. The monoisotopic (exact) mass is 1350 g/mol. The molecule has 0 unspecified atom stereocenters. The Morgan fingerprint density at radius 1 is 0.172 bits per heavy atom. The summed E-state index contributed by atoms with van der Waals surface area (Å²) >= 11 is 6.25. The molecule has 0 amide bonds. The second-order valence-corrected chi connectivity index (χ2v) is 24.7. The van der Waals surface area contributed by atoms with E-state index in [1.54, 1.807) is 0 Å². The van der Waals surface area contributed by atoms with Crippen LogP contribution in [0.5, 0.6) is 0 Å². The molecule has 8 nitrogen and oxygen atoms in total. The van der Waals surface area contributed by atoms with Crippen LogP contribution >= 0.6 is 0 Å². The molecule has 4 aliphatic heterocycles. The summed E-state index contributed by atoms with van der Waals surface area (Å²) in [7, 11) is 0. The van der Waals surface area contributed by atoms with E-state index in [0.717, 1.165) is 179 Å². The minimum atomic E-state index is 0.861. The van der Waals surface area contributed by atoms with Crippen molar-refractivity contribution >= 4 is 96.2 Å². The van der Waals surface area contributed by atoms with Gasteiger partial charge in [-0.3, -0.25) is 0 Å². The van der Waals surface area contributed by atoms with E-state index in [0.29, 0.717) is 0 Å². The van der Waals surface area contributed by atoms with Crippen molar-refractivity contribution in [1.29, 1.82) is 0 Å². The summed E-state index contributed by atoms with van der Waals surface area (Å²) in [6, 6.07) is 100. The SMILES string of the molecule is C1=Cc2nc1c(-c1ccccc1)c1ccc([n-]1)c(-c1ccccc1)c1nc(c(-c3ccccc3)c3ccc([n-]3)c2-c2ccccc2)C=C1.C1=Cc2nc1c(-c1ccccc1)c1ccc([n-]1)c(-c1ccccc1)c1nc(c(-c3ccccc3)c3ccc([n-]3)c2-c2ccccc2)C=C1.[Fe]=[C]=[Fe]. The molecule has 0 N–H and O–H groups in total. The summed E-state index contributed by atoms with van der Waals surface area (Å²) < 4.78 is 2.25. The van der Waals surface area contributed by atoms with E-state index in [1.165, 1.54) is 0 Å². The molecule has 14 aromatic rings. The van der Waals surface area contributed by atoms with Crippen LogP contribution in [0.1, 0.15) is 45.6 Å². The summed E-state index contributed by atoms with van der Waals surface area (Å²) in [5.74, 6) is 0. The molecule has 10 heterocycles. The summed E-state index contributed by atoms with van der Waals surface area (Å²) in [6.07, 6.45) is 16.8. The standard InChI is InChI=1S/2C44H28N4.C.2Fe/c2*1-5-13-29(14-6-1)41-33-21-23-35(45-33)42(30-15-7-2-8-16-30)37-25-27-39(47-37)44(32-19-11-4-12-20-32)40-28-26-38(48-40)43(31-17-9-3-10-18-31)36-24-22-34(41)46-36;;;/h2*1-28H;;;/q2*-2;;;. The normalized spacial score (nSPS) is 11.7. The zero-order valence-electron chi connectivity index (χ0n) is 53.1. The van der Waals surface area contributed by atoms with Gasteiger partial charge in [-0.15, -0.1) is 44.1 Å². The number of hydrogen-bond acceptors (Lipinski definition) is 4. The van der Waals surface area contributed by atoms with Gasteiger partial charge >= 0.3 is 34.6 Å². The van der Waals surface area contributed by atoms with Gasteiger partial charge < -0.3 is 19.9 Å². The van der Waals surface area contributed by atoms with Crippen molar-refractivity contribution in [2.45, 2.75) is 0 Å². The fraction of sp³-hybridized carbons (Fsp3) is 0. The van der Waals surface area contributed by atoms with Crippen LogP contribution < -0.4 is 19.9 Å². The first-order chi connectivity index (χ1) is 49.0. The van der Waals surface area contributed by atoms with Crippen molar-refractivity contribution in [2.24, 2.45) is 0 Å². The van der Waals surface area contributed by atoms with Crippen molar-refractivity contribution < 1.29 is 31.2 Å². The number of nitrogens with zero attached hydrogens (tertiary/aromatic N) is 8. The summed E-state index contributed by atoms with van der Waals surface area (Å²) in [4.78, 5) is 42.5. The van der Waals surface area contributed by atoms with E-state index in [-0.39, 0.29) is 0 Å². The van der Waals surface area contributed by atoms with E-state index < -0.39 is 0 Å². The molecule has 10 heteroatoms. The molecule has 472 valence electrons. The average Bonchev–Trinajstić information content (AvgIpc) is 1.64. The molecule has 0 atom stereocenters. The molecular weight excluding hydrogens is 1290 g/mol. The summed E-state index contributed by atoms with van der Waals surface area (Å²) in [5, 5.41) is 0. The van der Waals surface area contributed by atoms with Crippen LogP contribution in [0.4, 0.5) is 0 Å². The predicted molar refractivity (Wildman–Crippen MR) is 402 cm³/mol. The minimum absolute atomic E-state index is 0.861. The molecule has 8 aromatic carbocycles. The quantitative estimate of drug-likeness (QED) is 0.138. The second-order valence-electron chi connectivity index (χ2n) is 23.7. The van der Waals surface area contributed by atoms with Crippen LogP contribution in [0.2, 0.25) is 0 Å². The van der Waals surface area contributed by atoms with Gasteiger partial charge in [-0.05, 0) is 138 Å². The van der Waals surface area contributed by atoms with E-state index in [2.05, 4.69) is 326 Å². The first kappa shape index (κ1) is 61.6. The fourth-order valence-electron chi connectivity index (χ4n) is 13.4. The molecule has 99 heavy (non-hydrogen) atoms. The Morgan fingerprint density at radius 3 is 0.394 bits per heavy atom. The van der Waals surface area contributed by atoms with Crippen LogP contribution in [0.25, 0.3) is 182 Å². The molecule has 4 aliphatic rings. The number of rotatable bonds is 8. The van der Waals surface area contributed by atoms with Gasteiger partial charge in [0.1, 0.15) is 0 Å². The molecule has 0 radical (unpaired) electrons. The van der Waals surface area contributed by atoms with Gasteiger partial charge in [-0.2, -0.15) is 0 Å². The molecule has 16 bridgehead atoms. The third kappa shape index (κ3) is 12.5. The molecule has 6 aromatic heterocycles. The maximum atomic E-state index is 5.31. The number of hydrogen-bond donors (Lipinski definition) is 0. The van der Waals surface area contributed by atoms with Gasteiger partial charge in [0.05, 0.1) is 45.6 Å². The molecular formula is C89H56Fe2N8-4. The molecule has 0 saturated carbocycles. The van der Waals surface area contributed by atoms with Gasteiger partial charge in [-0.1, -0.05) is 291 Å². The third-order valence-corrected chi connectivity index (χ3v) is 17.7. The van der Waals surface area contributed by atoms with Crippen molar-refractivity contribution in [3.63, 3.8) is 0 Å². The number of fused-ring (bicyclic) bond motifs is 16. The molecule has 18 rings (SSSR count). The van der Waals surface area contributed by atoms with E-state index in [9.17, 15) is 0 Å². The van der Waals surface area contributed by atoms with E-state index in [4.69, 9.17) is 39.9 Å². The number of benzene rings is 8. The molecule has 0 spiro atoms. The zero-order chi connectivity index (χ0) is 66.4. The van der Waals surface area contributed by atoms with Crippen LogP contribution in [0, 0.1) is 0 Å².